The number of halogens is 1. The zero-order valence-corrected chi connectivity index (χ0v) is 12.5. The van der Waals surface area contributed by atoms with Crippen LogP contribution in [0.5, 0.6) is 5.75 Å². The molecule has 0 aromatic heterocycles. The smallest absolute Gasteiger partial charge is 0.132 e. The van der Waals surface area contributed by atoms with Crippen molar-refractivity contribution in [2.75, 3.05) is 20.2 Å². The maximum absolute atomic E-state index is 5.70. The molecule has 0 atom stereocenters. The third-order valence-electron chi connectivity index (χ3n) is 2.65. The summed E-state index contributed by atoms with van der Waals surface area (Å²) in [6, 6.07) is 16.7. The second-order valence-electron chi connectivity index (χ2n) is 3.96. The van der Waals surface area contributed by atoms with Crippen LogP contribution in [0.2, 0.25) is 0 Å². The highest BCUT2D eigenvalue weighted by Gasteiger charge is 2.03. The maximum Gasteiger partial charge on any atom is 0.132 e. The number of rotatable bonds is 5. The van der Waals surface area contributed by atoms with E-state index in [1.165, 1.54) is 11.1 Å². The first kappa shape index (κ1) is 13.4. The third-order valence-corrected chi connectivity index (χ3v) is 3.49. The minimum Gasteiger partial charge on any atom is -0.491 e. The number of benzene rings is 2. The molecule has 0 spiro atoms. The van der Waals surface area contributed by atoms with Gasteiger partial charge in [0.15, 0.2) is 0 Å². The maximum atomic E-state index is 5.70. The minimum atomic E-state index is 0.692. The van der Waals surface area contributed by atoms with Gasteiger partial charge in [-0.15, -0.1) is 0 Å². The molecule has 0 bridgehead atoms. The van der Waals surface area contributed by atoms with E-state index in [9.17, 15) is 0 Å². The molecule has 0 saturated heterocycles. The van der Waals surface area contributed by atoms with Crippen molar-refractivity contribution in [3.8, 4) is 16.9 Å². The van der Waals surface area contributed by atoms with E-state index < -0.39 is 0 Å². The van der Waals surface area contributed by atoms with Gasteiger partial charge in [0.1, 0.15) is 12.4 Å². The number of hydrogen-bond acceptors (Lipinski definition) is 2. The molecular weight excluding hydrogens is 337 g/mol. The van der Waals surface area contributed by atoms with Crippen LogP contribution in [0.1, 0.15) is 0 Å². The van der Waals surface area contributed by atoms with E-state index in [0.717, 1.165) is 15.9 Å². The Hall–Kier alpha value is -1.07. The molecule has 2 rings (SSSR count). The highest BCUT2D eigenvalue weighted by Crippen LogP contribution is 2.27. The van der Waals surface area contributed by atoms with Gasteiger partial charge in [0.2, 0.25) is 0 Å². The fraction of sp³-hybridized carbons (Fsp3) is 0.200. The van der Waals surface area contributed by atoms with Crippen LogP contribution < -0.4 is 10.1 Å². The molecule has 0 aliphatic heterocycles. The van der Waals surface area contributed by atoms with E-state index in [-0.39, 0.29) is 0 Å². The van der Waals surface area contributed by atoms with Crippen molar-refractivity contribution in [3.63, 3.8) is 0 Å². The average molecular weight is 353 g/mol. The van der Waals surface area contributed by atoms with Gasteiger partial charge in [-0.25, -0.2) is 0 Å². The number of hydrogen-bond donors (Lipinski definition) is 1. The zero-order chi connectivity index (χ0) is 12.8. The Morgan fingerprint density at radius 2 is 1.83 bits per heavy atom. The summed E-state index contributed by atoms with van der Waals surface area (Å²) in [4.78, 5) is 0. The molecule has 1 N–H and O–H groups in total. The predicted molar refractivity (Wildman–Crippen MR) is 84.0 cm³/mol. The van der Waals surface area contributed by atoms with Crippen molar-refractivity contribution in [2.45, 2.75) is 0 Å². The Balaban J connectivity index is 2.15. The van der Waals surface area contributed by atoms with Crippen LogP contribution >= 0.6 is 22.6 Å². The Kier molecular flexibility index (Phi) is 5.01. The first-order valence-electron chi connectivity index (χ1n) is 5.93. The monoisotopic (exact) mass is 353 g/mol. The zero-order valence-electron chi connectivity index (χ0n) is 10.3. The van der Waals surface area contributed by atoms with Gasteiger partial charge >= 0.3 is 0 Å². The average Bonchev–Trinajstić information content (AvgIpc) is 2.42. The molecule has 0 unspecified atom stereocenters. The second kappa shape index (κ2) is 6.75. The molecule has 94 valence electrons. The largest absolute Gasteiger partial charge is 0.491 e. The molecule has 0 radical (unpaired) electrons. The van der Waals surface area contributed by atoms with Crippen LogP contribution in [-0.4, -0.2) is 20.2 Å². The van der Waals surface area contributed by atoms with Crippen molar-refractivity contribution in [3.05, 3.63) is 52.1 Å². The molecule has 0 saturated carbocycles. The lowest BCUT2D eigenvalue weighted by Crippen LogP contribution is -2.16. The van der Waals surface area contributed by atoms with E-state index in [2.05, 4.69) is 64.3 Å². The van der Waals surface area contributed by atoms with Crippen molar-refractivity contribution < 1.29 is 4.74 Å². The minimum absolute atomic E-state index is 0.692. The molecule has 0 heterocycles. The third kappa shape index (κ3) is 3.46. The van der Waals surface area contributed by atoms with E-state index in [1.807, 2.05) is 19.2 Å². The van der Waals surface area contributed by atoms with Crippen molar-refractivity contribution in [1.82, 2.24) is 5.32 Å². The van der Waals surface area contributed by atoms with Gasteiger partial charge in [0, 0.05) is 6.54 Å². The molecule has 0 fully saturated rings. The number of nitrogens with one attached hydrogen (secondary N) is 1. The molecule has 2 aromatic carbocycles. The van der Waals surface area contributed by atoms with Gasteiger partial charge in [0.25, 0.3) is 0 Å². The number of likely N-dealkylation sites (N-methyl/N-ethyl adjacent to an activating group) is 1. The van der Waals surface area contributed by atoms with Gasteiger partial charge in [-0.05, 0) is 52.9 Å². The van der Waals surface area contributed by atoms with E-state index in [0.29, 0.717) is 6.61 Å². The first-order chi connectivity index (χ1) is 8.81. The Labute approximate surface area is 122 Å². The molecular formula is C15H16INO. The lowest BCUT2D eigenvalue weighted by atomic mass is 10.1. The lowest BCUT2D eigenvalue weighted by Gasteiger charge is -2.09. The Morgan fingerprint density at radius 3 is 2.50 bits per heavy atom. The Morgan fingerprint density at radius 1 is 1.06 bits per heavy atom. The quantitative estimate of drug-likeness (QED) is 0.656. The summed E-state index contributed by atoms with van der Waals surface area (Å²) in [5, 5.41) is 3.07. The van der Waals surface area contributed by atoms with E-state index in [4.69, 9.17) is 4.74 Å². The molecule has 0 aliphatic carbocycles. The highest BCUT2D eigenvalue weighted by molar-refractivity contribution is 14.1. The summed E-state index contributed by atoms with van der Waals surface area (Å²) < 4.78 is 6.84. The van der Waals surface area contributed by atoms with E-state index in [1.54, 1.807) is 0 Å². The molecule has 18 heavy (non-hydrogen) atoms. The fourth-order valence-corrected chi connectivity index (χ4v) is 2.36. The van der Waals surface area contributed by atoms with Crippen LogP contribution in [0.3, 0.4) is 0 Å². The van der Waals surface area contributed by atoms with Crippen LogP contribution in [0.4, 0.5) is 0 Å². The molecule has 2 nitrogen and oxygen atoms in total. The standard InChI is InChI=1S/C15H16INO/c1-17-9-10-18-15-8-7-13(11-14(15)16)12-5-3-2-4-6-12/h2-8,11,17H,9-10H2,1H3. The topological polar surface area (TPSA) is 21.3 Å². The lowest BCUT2D eigenvalue weighted by molar-refractivity contribution is 0.316. The molecule has 0 aliphatic rings. The van der Waals surface area contributed by atoms with Crippen LogP contribution in [0, 0.1) is 3.57 Å². The summed E-state index contributed by atoms with van der Waals surface area (Å²) in [5.74, 6) is 0.950. The van der Waals surface area contributed by atoms with Crippen LogP contribution in [0.15, 0.2) is 48.5 Å². The summed E-state index contributed by atoms with van der Waals surface area (Å²) in [5.41, 5.74) is 2.46. The molecule has 0 amide bonds. The van der Waals surface area contributed by atoms with E-state index >= 15 is 0 Å². The second-order valence-corrected chi connectivity index (χ2v) is 5.13. The van der Waals surface area contributed by atoms with Gasteiger partial charge in [0.05, 0.1) is 3.57 Å². The fourth-order valence-electron chi connectivity index (χ4n) is 1.69. The molecule has 3 heteroatoms. The number of ether oxygens (including phenoxy) is 1. The summed E-state index contributed by atoms with van der Waals surface area (Å²) in [6.07, 6.45) is 0. The van der Waals surface area contributed by atoms with Crippen LogP contribution in [0.25, 0.3) is 11.1 Å². The SMILES string of the molecule is CNCCOc1ccc(-c2ccccc2)cc1I. The summed E-state index contributed by atoms with van der Waals surface area (Å²) >= 11 is 2.32. The van der Waals surface area contributed by atoms with Gasteiger partial charge in [-0.2, -0.15) is 0 Å². The summed E-state index contributed by atoms with van der Waals surface area (Å²) in [6.45, 7) is 1.55. The van der Waals surface area contributed by atoms with Crippen LogP contribution in [-0.2, 0) is 0 Å². The van der Waals surface area contributed by atoms with Crippen molar-refractivity contribution in [1.29, 1.82) is 0 Å². The normalized spacial score (nSPS) is 10.3. The first-order valence-corrected chi connectivity index (χ1v) is 7.01. The Bertz CT molecular complexity index is 499. The predicted octanol–water partition coefficient (Wildman–Crippen LogP) is 3.56. The van der Waals surface area contributed by atoms with Gasteiger partial charge in [-0.1, -0.05) is 36.4 Å². The summed E-state index contributed by atoms with van der Waals surface area (Å²) in [7, 11) is 1.92. The van der Waals surface area contributed by atoms with Crippen molar-refractivity contribution in [2.24, 2.45) is 0 Å². The van der Waals surface area contributed by atoms with Gasteiger partial charge < -0.3 is 10.1 Å². The molecule has 2 aromatic rings. The van der Waals surface area contributed by atoms with Crippen molar-refractivity contribution >= 4 is 22.6 Å². The highest BCUT2D eigenvalue weighted by atomic mass is 127. The van der Waals surface area contributed by atoms with Gasteiger partial charge in [-0.3, -0.25) is 0 Å².